The summed E-state index contributed by atoms with van der Waals surface area (Å²) in [6.45, 7) is 2.17. The maximum Gasteiger partial charge on any atom is 0.326 e. The largest absolute Gasteiger partial charge is 0.480 e. The number of nitrogens with two attached hydrogens (primary N) is 3. The van der Waals surface area contributed by atoms with Crippen LogP contribution < -0.4 is 27.8 Å². The monoisotopic (exact) mass is 445 g/mol. The number of aliphatic imine (C=N–C) groups is 1. The molecule has 1 aliphatic heterocycles. The standard InChI is InChI=1S/C17H31N7O5S/c1-9(18)15(27)24-7-3-5-12(24)14(26)23-11(8-30)13(25)22-10(16(28)29)4-2-6-21-17(19)20/h9-12,30H,2-8,18H2,1H3,(H,22,25)(H,23,26)(H,28,29)(H4,19,20,21). The quantitative estimate of drug-likeness (QED) is 0.0772. The van der Waals surface area contributed by atoms with Crippen molar-refractivity contribution >= 4 is 42.3 Å². The van der Waals surface area contributed by atoms with Gasteiger partial charge in [-0.05, 0) is 32.6 Å². The zero-order valence-corrected chi connectivity index (χ0v) is 17.8. The van der Waals surface area contributed by atoms with E-state index in [2.05, 4.69) is 28.3 Å². The van der Waals surface area contributed by atoms with E-state index in [1.165, 1.54) is 4.90 Å². The van der Waals surface area contributed by atoms with Gasteiger partial charge in [0, 0.05) is 18.8 Å². The number of amides is 3. The van der Waals surface area contributed by atoms with Crippen LogP contribution in [0.1, 0.15) is 32.6 Å². The summed E-state index contributed by atoms with van der Waals surface area (Å²) in [5.41, 5.74) is 16.1. The van der Waals surface area contributed by atoms with Gasteiger partial charge in [0.05, 0.1) is 6.04 Å². The third kappa shape index (κ3) is 7.71. The molecule has 0 bridgehead atoms. The minimum absolute atomic E-state index is 0.0497. The number of aliphatic carboxylic acids is 1. The van der Waals surface area contributed by atoms with Crippen molar-refractivity contribution < 1.29 is 24.3 Å². The van der Waals surface area contributed by atoms with Crippen LogP contribution in [0.15, 0.2) is 4.99 Å². The van der Waals surface area contributed by atoms with Gasteiger partial charge < -0.3 is 37.8 Å². The molecule has 0 spiro atoms. The molecule has 0 aromatic carbocycles. The van der Waals surface area contributed by atoms with E-state index >= 15 is 0 Å². The lowest BCUT2D eigenvalue weighted by Gasteiger charge is -2.27. The van der Waals surface area contributed by atoms with Crippen LogP contribution in [0, 0.1) is 0 Å². The van der Waals surface area contributed by atoms with E-state index in [1.54, 1.807) is 6.92 Å². The number of rotatable bonds is 11. The topological polar surface area (TPSA) is 206 Å². The highest BCUT2D eigenvalue weighted by Gasteiger charge is 2.36. The van der Waals surface area contributed by atoms with Gasteiger partial charge in [0.2, 0.25) is 17.7 Å². The zero-order chi connectivity index (χ0) is 22.8. The molecule has 1 heterocycles. The molecule has 1 fully saturated rings. The lowest BCUT2D eigenvalue weighted by atomic mass is 10.1. The highest BCUT2D eigenvalue weighted by atomic mass is 32.1. The van der Waals surface area contributed by atoms with E-state index in [0.29, 0.717) is 25.8 Å². The summed E-state index contributed by atoms with van der Waals surface area (Å²) < 4.78 is 0. The Bertz CT molecular complexity index is 669. The van der Waals surface area contributed by atoms with Gasteiger partial charge in [-0.2, -0.15) is 12.6 Å². The first-order chi connectivity index (χ1) is 14.1. The van der Waals surface area contributed by atoms with Crippen LogP contribution in [0.5, 0.6) is 0 Å². The van der Waals surface area contributed by atoms with Crippen molar-refractivity contribution in [2.45, 2.75) is 56.8 Å². The Morgan fingerprint density at radius 3 is 2.43 bits per heavy atom. The number of carbonyl (C=O) groups excluding carboxylic acids is 3. The molecule has 170 valence electrons. The number of likely N-dealkylation sites (tertiary alicyclic amines) is 1. The van der Waals surface area contributed by atoms with Crippen molar-refractivity contribution in [3.63, 3.8) is 0 Å². The van der Waals surface area contributed by atoms with E-state index in [0.717, 1.165) is 0 Å². The molecule has 12 nitrogen and oxygen atoms in total. The van der Waals surface area contributed by atoms with Gasteiger partial charge in [0.25, 0.3) is 0 Å². The summed E-state index contributed by atoms with van der Waals surface area (Å²) in [5, 5.41) is 14.3. The van der Waals surface area contributed by atoms with Crippen molar-refractivity contribution in [2.24, 2.45) is 22.2 Å². The maximum atomic E-state index is 12.6. The van der Waals surface area contributed by atoms with Gasteiger partial charge in [-0.1, -0.05) is 0 Å². The number of nitrogens with zero attached hydrogens (tertiary/aromatic N) is 2. The van der Waals surface area contributed by atoms with Crippen molar-refractivity contribution in [1.29, 1.82) is 0 Å². The van der Waals surface area contributed by atoms with Gasteiger partial charge in [0.1, 0.15) is 18.1 Å². The molecule has 4 atom stereocenters. The van der Waals surface area contributed by atoms with E-state index in [4.69, 9.17) is 17.2 Å². The number of carboxylic acids is 1. The fraction of sp³-hybridized carbons (Fsp3) is 0.706. The fourth-order valence-electron chi connectivity index (χ4n) is 3.06. The molecule has 4 unspecified atom stereocenters. The fourth-order valence-corrected chi connectivity index (χ4v) is 3.32. The van der Waals surface area contributed by atoms with Crippen molar-refractivity contribution in [2.75, 3.05) is 18.8 Å². The maximum absolute atomic E-state index is 12.6. The molecule has 1 aliphatic rings. The number of hydrogen-bond acceptors (Lipinski definition) is 7. The van der Waals surface area contributed by atoms with Crippen LogP contribution in [-0.4, -0.2) is 82.7 Å². The average molecular weight is 446 g/mol. The Morgan fingerprint density at radius 2 is 1.90 bits per heavy atom. The van der Waals surface area contributed by atoms with E-state index in [9.17, 15) is 24.3 Å². The summed E-state index contributed by atoms with van der Waals surface area (Å²) in [4.78, 5) is 53.9. The highest BCUT2D eigenvalue weighted by molar-refractivity contribution is 7.80. The summed E-state index contributed by atoms with van der Waals surface area (Å²) in [5.74, 6) is -2.91. The summed E-state index contributed by atoms with van der Waals surface area (Å²) in [6, 6.07) is -3.70. The first-order valence-electron chi connectivity index (χ1n) is 9.64. The normalized spacial score (nSPS) is 18.8. The minimum Gasteiger partial charge on any atom is -0.480 e. The second-order valence-corrected chi connectivity index (χ2v) is 7.44. The average Bonchev–Trinajstić information content (AvgIpc) is 3.16. The first kappa shape index (κ1) is 25.5. The number of guanidine groups is 1. The van der Waals surface area contributed by atoms with Crippen LogP contribution in [0.25, 0.3) is 0 Å². The summed E-state index contributed by atoms with van der Waals surface area (Å²) >= 11 is 4.08. The molecule has 1 saturated heterocycles. The predicted molar refractivity (Wildman–Crippen MR) is 114 cm³/mol. The molecule has 1 rings (SSSR count). The molecule has 0 aromatic rings. The van der Waals surface area contributed by atoms with E-state index in [1.807, 2.05) is 0 Å². The third-order valence-electron chi connectivity index (χ3n) is 4.60. The number of hydrogen-bond donors (Lipinski definition) is 7. The Morgan fingerprint density at radius 1 is 1.23 bits per heavy atom. The smallest absolute Gasteiger partial charge is 0.326 e. The van der Waals surface area contributed by atoms with Gasteiger partial charge >= 0.3 is 5.97 Å². The number of nitrogens with one attached hydrogen (secondary N) is 2. The van der Waals surface area contributed by atoms with Crippen molar-refractivity contribution in [1.82, 2.24) is 15.5 Å². The van der Waals surface area contributed by atoms with E-state index in [-0.39, 0.29) is 30.6 Å². The second-order valence-electron chi connectivity index (χ2n) is 7.07. The molecule has 0 aliphatic carbocycles. The molecule has 30 heavy (non-hydrogen) atoms. The van der Waals surface area contributed by atoms with Crippen LogP contribution in [0.3, 0.4) is 0 Å². The Labute approximate surface area is 180 Å². The Hall–Kier alpha value is -2.54. The molecular weight excluding hydrogens is 414 g/mol. The predicted octanol–water partition coefficient (Wildman–Crippen LogP) is -2.64. The van der Waals surface area contributed by atoms with Crippen molar-refractivity contribution in [3.8, 4) is 0 Å². The zero-order valence-electron chi connectivity index (χ0n) is 16.9. The lowest BCUT2D eigenvalue weighted by molar-refractivity contribution is -0.143. The molecule has 0 aromatic heterocycles. The SMILES string of the molecule is CC(N)C(=O)N1CCCC1C(=O)NC(CS)C(=O)NC(CCCN=C(N)N)C(=O)O. The van der Waals surface area contributed by atoms with E-state index < -0.39 is 42.0 Å². The van der Waals surface area contributed by atoms with Crippen LogP contribution in [-0.2, 0) is 19.2 Å². The van der Waals surface area contributed by atoms with Crippen LogP contribution >= 0.6 is 12.6 Å². The summed E-state index contributed by atoms with van der Waals surface area (Å²) in [7, 11) is 0. The first-order valence-corrected chi connectivity index (χ1v) is 10.3. The lowest BCUT2D eigenvalue weighted by Crippen LogP contribution is -2.57. The number of carbonyl (C=O) groups is 4. The molecular formula is C17H31N7O5S. The van der Waals surface area contributed by atoms with Gasteiger partial charge in [-0.25, -0.2) is 4.79 Å². The van der Waals surface area contributed by atoms with Crippen LogP contribution in [0.2, 0.25) is 0 Å². The molecule has 13 heteroatoms. The number of thiol groups is 1. The van der Waals surface area contributed by atoms with Crippen molar-refractivity contribution in [3.05, 3.63) is 0 Å². The molecule has 3 amide bonds. The van der Waals surface area contributed by atoms with Crippen LogP contribution in [0.4, 0.5) is 0 Å². The molecule has 0 radical (unpaired) electrons. The third-order valence-corrected chi connectivity index (χ3v) is 4.97. The molecule has 0 saturated carbocycles. The Kier molecular flexibility index (Phi) is 10.4. The number of carboxylic acid groups (broad SMARTS) is 1. The van der Waals surface area contributed by atoms with Gasteiger partial charge in [-0.3, -0.25) is 19.4 Å². The highest BCUT2D eigenvalue weighted by Crippen LogP contribution is 2.18. The molecule has 9 N–H and O–H groups in total. The summed E-state index contributed by atoms with van der Waals surface area (Å²) in [6.07, 6.45) is 1.53. The Balaban J connectivity index is 2.69. The van der Waals surface area contributed by atoms with Gasteiger partial charge in [-0.15, -0.1) is 0 Å². The minimum atomic E-state index is -1.22. The second kappa shape index (κ2) is 12.2. The van der Waals surface area contributed by atoms with Gasteiger partial charge in [0.15, 0.2) is 5.96 Å².